The normalized spacial score (nSPS) is 15.4. The van der Waals surface area contributed by atoms with Crippen LogP contribution in [0.25, 0.3) is 31.9 Å². The molecular formula is C31H32FN5O2S. The fourth-order valence-corrected chi connectivity index (χ4v) is 5.91. The molecule has 0 spiro atoms. The molecule has 2 aromatic heterocycles. The van der Waals surface area contributed by atoms with Crippen LogP contribution in [0, 0.1) is 5.82 Å². The van der Waals surface area contributed by atoms with Crippen LogP contribution in [-0.4, -0.2) is 81.7 Å². The van der Waals surface area contributed by atoms with Crippen LogP contribution in [0.15, 0.2) is 85.2 Å². The van der Waals surface area contributed by atoms with E-state index in [-0.39, 0.29) is 12.4 Å². The van der Waals surface area contributed by atoms with Gasteiger partial charge in [0.15, 0.2) is 0 Å². The third-order valence-corrected chi connectivity index (χ3v) is 8.30. The summed E-state index contributed by atoms with van der Waals surface area (Å²) in [4.78, 5) is 9.48. The van der Waals surface area contributed by atoms with Gasteiger partial charge in [0.25, 0.3) is 0 Å². The zero-order chi connectivity index (χ0) is 27.3. The molecule has 0 unspecified atom stereocenters. The van der Waals surface area contributed by atoms with Gasteiger partial charge in [-0.05, 0) is 29.8 Å². The Morgan fingerprint density at radius 2 is 1.65 bits per heavy atom. The van der Waals surface area contributed by atoms with E-state index in [2.05, 4.69) is 27.0 Å². The van der Waals surface area contributed by atoms with E-state index in [9.17, 15) is 9.50 Å². The van der Waals surface area contributed by atoms with E-state index >= 15 is 0 Å². The summed E-state index contributed by atoms with van der Waals surface area (Å²) in [6.45, 7) is 6.26. The Kier molecular flexibility index (Phi) is 8.15. The number of piperazine rings is 1. The van der Waals surface area contributed by atoms with Crippen LogP contribution < -0.4 is 4.74 Å². The fourth-order valence-electron chi connectivity index (χ4n) is 4.96. The molecule has 1 atom stereocenters. The smallest absolute Gasteiger partial charge is 0.124 e. The predicted molar refractivity (Wildman–Crippen MR) is 157 cm³/mol. The minimum atomic E-state index is -0.563. The Morgan fingerprint density at radius 3 is 2.45 bits per heavy atom. The summed E-state index contributed by atoms with van der Waals surface area (Å²) in [5.41, 5.74) is 3.97. The predicted octanol–water partition coefficient (Wildman–Crippen LogP) is 5.02. The zero-order valence-corrected chi connectivity index (χ0v) is 23.0. The molecule has 7 nitrogen and oxygen atoms in total. The van der Waals surface area contributed by atoms with E-state index in [4.69, 9.17) is 9.72 Å². The molecule has 206 valence electrons. The number of ether oxygens (including phenoxy) is 1. The minimum Gasteiger partial charge on any atom is -0.491 e. The summed E-state index contributed by atoms with van der Waals surface area (Å²) in [6.07, 6.45) is 3.27. The Bertz CT molecular complexity index is 1530. The van der Waals surface area contributed by atoms with Crippen LogP contribution in [0.3, 0.4) is 0 Å². The Balaban J connectivity index is 0.927. The minimum absolute atomic E-state index is 0.235. The molecule has 1 N–H and O–H groups in total. The molecule has 1 saturated heterocycles. The van der Waals surface area contributed by atoms with Crippen molar-refractivity contribution in [3.8, 4) is 27.4 Å². The highest BCUT2D eigenvalue weighted by molar-refractivity contribution is 7.21. The molecule has 3 heterocycles. The third kappa shape index (κ3) is 6.56. The van der Waals surface area contributed by atoms with Gasteiger partial charge in [0.2, 0.25) is 0 Å². The number of aliphatic hydroxyl groups excluding tert-OH is 1. The highest BCUT2D eigenvalue weighted by Gasteiger charge is 2.20. The lowest BCUT2D eigenvalue weighted by atomic mass is 10.1. The van der Waals surface area contributed by atoms with E-state index in [0.717, 1.165) is 76.9 Å². The lowest BCUT2D eigenvalue weighted by Gasteiger charge is -2.35. The number of halogens is 1. The number of benzene rings is 3. The van der Waals surface area contributed by atoms with Gasteiger partial charge < -0.3 is 9.84 Å². The van der Waals surface area contributed by atoms with Gasteiger partial charge in [0.05, 0.1) is 23.0 Å². The van der Waals surface area contributed by atoms with Crippen molar-refractivity contribution in [2.45, 2.75) is 12.6 Å². The monoisotopic (exact) mass is 557 g/mol. The van der Waals surface area contributed by atoms with Crippen LogP contribution >= 0.6 is 11.3 Å². The lowest BCUT2D eigenvalue weighted by molar-refractivity contribution is 0.0453. The molecule has 1 aliphatic rings. The van der Waals surface area contributed by atoms with Crippen LogP contribution in [0.2, 0.25) is 0 Å². The van der Waals surface area contributed by atoms with Gasteiger partial charge in [0.1, 0.15) is 29.3 Å². The van der Waals surface area contributed by atoms with Gasteiger partial charge in [-0.1, -0.05) is 42.5 Å². The standard InChI is InChI=1S/C31H32FN5O2S/c32-26-8-6-23(7-9-26)25-19-33-37(20-25)17-16-35-12-14-36(15-13-35)21-27(38)22-39-28-10-11-30-29(18-28)34-31(40-30)24-4-2-1-3-5-24/h1-11,18-20,27,38H,12-17,21-22H2/t27-/m0/s1. The van der Waals surface area contributed by atoms with Crippen LogP contribution in [0.4, 0.5) is 4.39 Å². The van der Waals surface area contributed by atoms with Gasteiger partial charge in [-0.2, -0.15) is 5.10 Å². The first-order valence-electron chi connectivity index (χ1n) is 13.6. The molecule has 3 aromatic carbocycles. The second-order valence-corrected chi connectivity index (χ2v) is 11.2. The second kappa shape index (κ2) is 12.3. The molecule has 0 radical (unpaired) electrons. The molecule has 5 aromatic rings. The molecular weight excluding hydrogens is 525 g/mol. The van der Waals surface area contributed by atoms with E-state index in [0.29, 0.717) is 6.54 Å². The summed E-state index contributed by atoms with van der Waals surface area (Å²) in [6, 6.07) is 22.6. The van der Waals surface area contributed by atoms with Gasteiger partial charge in [-0.15, -0.1) is 11.3 Å². The van der Waals surface area contributed by atoms with E-state index < -0.39 is 6.10 Å². The summed E-state index contributed by atoms with van der Waals surface area (Å²) < 4.78 is 22.2. The van der Waals surface area contributed by atoms with Crippen molar-refractivity contribution in [3.05, 3.63) is 91.0 Å². The first-order valence-corrected chi connectivity index (χ1v) is 14.4. The van der Waals surface area contributed by atoms with Gasteiger partial charge in [0, 0.05) is 62.7 Å². The van der Waals surface area contributed by atoms with Crippen molar-refractivity contribution in [2.75, 3.05) is 45.9 Å². The molecule has 40 heavy (non-hydrogen) atoms. The largest absolute Gasteiger partial charge is 0.491 e. The van der Waals surface area contributed by atoms with E-state index in [1.54, 1.807) is 23.5 Å². The van der Waals surface area contributed by atoms with Crippen LogP contribution in [0.1, 0.15) is 0 Å². The van der Waals surface area contributed by atoms with Crippen molar-refractivity contribution in [3.63, 3.8) is 0 Å². The van der Waals surface area contributed by atoms with Gasteiger partial charge in [-0.25, -0.2) is 9.37 Å². The summed E-state index contributed by atoms with van der Waals surface area (Å²) in [7, 11) is 0. The Morgan fingerprint density at radius 1 is 0.875 bits per heavy atom. The van der Waals surface area contributed by atoms with Crippen molar-refractivity contribution in [1.82, 2.24) is 24.6 Å². The molecule has 0 bridgehead atoms. The van der Waals surface area contributed by atoms with Gasteiger partial charge >= 0.3 is 0 Å². The summed E-state index contributed by atoms with van der Waals surface area (Å²) in [5.74, 6) is 0.490. The van der Waals surface area contributed by atoms with Crippen molar-refractivity contribution >= 4 is 21.6 Å². The molecule has 1 aliphatic heterocycles. The number of thiazole rings is 1. The molecule has 0 aliphatic carbocycles. The maximum absolute atomic E-state index is 13.2. The number of nitrogens with zero attached hydrogens (tertiary/aromatic N) is 5. The number of rotatable bonds is 10. The zero-order valence-electron chi connectivity index (χ0n) is 22.2. The van der Waals surface area contributed by atoms with Crippen molar-refractivity contribution in [2.24, 2.45) is 0 Å². The first-order chi connectivity index (χ1) is 19.6. The van der Waals surface area contributed by atoms with Crippen molar-refractivity contribution < 1.29 is 14.2 Å². The quantitative estimate of drug-likeness (QED) is 0.260. The van der Waals surface area contributed by atoms with E-state index in [1.165, 1.54) is 12.1 Å². The lowest BCUT2D eigenvalue weighted by Crippen LogP contribution is -2.49. The number of aromatic nitrogens is 3. The van der Waals surface area contributed by atoms with Gasteiger partial charge in [-0.3, -0.25) is 14.5 Å². The number of fused-ring (bicyclic) bond motifs is 1. The average Bonchev–Trinajstić information content (AvgIpc) is 3.64. The second-order valence-electron chi connectivity index (χ2n) is 10.1. The summed E-state index contributed by atoms with van der Waals surface area (Å²) >= 11 is 1.67. The van der Waals surface area contributed by atoms with E-state index in [1.807, 2.05) is 53.5 Å². The third-order valence-electron chi connectivity index (χ3n) is 7.21. The molecule has 0 amide bonds. The number of hydrogen-bond acceptors (Lipinski definition) is 7. The van der Waals surface area contributed by atoms with Crippen molar-refractivity contribution in [1.29, 1.82) is 0 Å². The number of β-amino-alcohol motifs (C(OH)–C–C–N with tert-alkyl or cyclic N) is 1. The highest BCUT2D eigenvalue weighted by Crippen LogP contribution is 2.32. The highest BCUT2D eigenvalue weighted by atomic mass is 32.1. The first kappa shape index (κ1) is 26.6. The molecule has 9 heteroatoms. The van der Waals surface area contributed by atoms with Crippen LogP contribution in [-0.2, 0) is 6.54 Å². The molecule has 0 saturated carbocycles. The Hall–Kier alpha value is -3.63. The molecule has 6 rings (SSSR count). The number of hydrogen-bond donors (Lipinski definition) is 1. The SMILES string of the molecule is O[C@H](COc1ccc2sc(-c3ccccc3)nc2c1)CN1CCN(CCn2cc(-c3ccc(F)cc3)cn2)CC1. The maximum atomic E-state index is 13.2. The average molecular weight is 558 g/mol. The topological polar surface area (TPSA) is 66.7 Å². The summed E-state index contributed by atoms with van der Waals surface area (Å²) in [5, 5.41) is 16.1. The number of aliphatic hydroxyl groups is 1. The van der Waals surface area contributed by atoms with Crippen LogP contribution in [0.5, 0.6) is 5.75 Å². The molecule has 1 fully saturated rings. The maximum Gasteiger partial charge on any atom is 0.124 e. The fraction of sp³-hybridized carbons (Fsp3) is 0.290. The Labute approximate surface area is 237 Å².